The van der Waals surface area contributed by atoms with E-state index in [-0.39, 0.29) is 5.91 Å². The summed E-state index contributed by atoms with van der Waals surface area (Å²) < 4.78 is 0. The molecule has 0 aliphatic rings. The Kier molecular flexibility index (Phi) is 4.15. The van der Waals surface area contributed by atoms with Gasteiger partial charge in [-0.25, -0.2) is 4.98 Å². The molecule has 0 saturated carbocycles. The number of aromatic nitrogens is 3. The van der Waals surface area contributed by atoms with Crippen LogP contribution >= 0.6 is 0 Å². The predicted octanol–water partition coefficient (Wildman–Crippen LogP) is 1.09. The zero-order valence-electron chi connectivity index (χ0n) is 8.74. The number of nitrogens with one attached hydrogen (secondary N) is 3. The zero-order chi connectivity index (χ0) is 11.1. The Morgan fingerprint density at radius 3 is 2.53 bits per heavy atom. The molecule has 2 rings (SSSR count). The molecular formula is C10H14N4O. The largest absolute Gasteiger partial charge is 0.365 e. The van der Waals surface area contributed by atoms with Crippen molar-refractivity contribution in [2.24, 2.45) is 0 Å². The van der Waals surface area contributed by atoms with Gasteiger partial charge >= 0.3 is 0 Å². The van der Waals surface area contributed by atoms with Gasteiger partial charge in [0, 0.05) is 31.3 Å². The zero-order valence-corrected chi connectivity index (χ0v) is 8.74. The lowest BCUT2D eigenvalue weighted by Gasteiger charge is -1.90. The number of rotatable bonds is 1. The molecule has 0 bridgehead atoms. The Bertz CT molecular complexity index is 377. The number of aromatic amines is 2. The Hall–Kier alpha value is -2.04. The molecule has 0 aliphatic heterocycles. The van der Waals surface area contributed by atoms with Crippen LogP contribution in [0.2, 0.25) is 0 Å². The Labute approximate surface area is 87.9 Å². The lowest BCUT2D eigenvalue weighted by molar-refractivity contribution is 0.0954. The van der Waals surface area contributed by atoms with Gasteiger partial charge in [0.2, 0.25) is 0 Å². The third-order valence-electron chi connectivity index (χ3n) is 1.69. The maximum absolute atomic E-state index is 10.7. The first-order valence-corrected chi connectivity index (χ1v) is 4.55. The summed E-state index contributed by atoms with van der Waals surface area (Å²) in [6.45, 7) is 2.03. The van der Waals surface area contributed by atoms with Crippen LogP contribution in [0.1, 0.15) is 16.3 Å². The molecule has 0 radical (unpaired) electrons. The average molecular weight is 206 g/mol. The lowest BCUT2D eigenvalue weighted by atomic mass is 10.5. The molecule has 80 valence electrons. The van der Waals surface area contributed by atoms with Crippen molar-refractivity contribution in [2.75, 3.05) is 7.05 Å². The van der Waals surface area contributed by atoms with E-state index in [2.05, 4.69) is 20.3 Å². The SMILES string of the molecule is CNC(=O)c1ncc[nH]1.Cc1ccc[nH]1. The van der Waals surface area contributed by atoms with Crippen LogP contribution in [0.15, 0.2) is 30.7 Å². The number of carbonyl (C=O) groups excluding carboxylic acids is 1. The first-order valence-electron chi connectivity index (χ1n) is 4.55. The van der Waals surface area contributed by atoms with Crippen molar-refractivity contribution in [3.63, 3.8) is 0 Å². The van der Waals surface area contributed by atoms with Crippen LogP contribution in [0.5, 0.6) is 0 Å². The first kappa shape index (κ1) is 11.0. The third kappa shape index (κ3) is 3.68. The van der Waals surface area contributed by atoms with E-state index in [1.807, 2.05) is 25.3 Å². The second-order valence-electron chi connectivity index (χ2n) is 2.87. The number of hydrogen-bond donors (Lipinski definition) is 3. The Morgan fingerprint density at radius 1 is 1.40 bits per heavy atom. The molecule has 0 spiro atoms. The second kappa shape index (κ2) is 5.64. The van der Waals surface area contributed by atoms with E-state index in [9.17, 15) is 4.79 Å². The van der Waals surface area contributed by atoms with Crippen LogP contribution in [0.3, 0.4) is 0 Å². The smallest absolute Gasteiger partial charge is 0.286 e. The van der Waals surface area contributed by atoms with Gasteiger partial charge in [0.25, 0.3) is 5.91 Å². The van der Waals surface area contributed by atoms with E-state index in [1.54, 1.807) is 13.2 Å². The van der Waals surface area contributed by atoms with E-state index in [4.69, 9.17) is 0 Å². The van der Waals surface area contributed by atoms with Crippen molar-refractivity contribution in [1.82, 2.24) is 20.3 Å². The molecule has 0 fully saturated rings. The topological polar surface area (TPSA) is 73.6 Å². The number of nitrogens with zero attached hydrogens (tertiary/aromatic N) is 1. The standard InChI is InChI=1S/C5H7N3O.C5H7N/c1-6-5(9)4-7-2-3-8-4;1-5-3-2-4-6-5/h2-3H,1H3,(H,6,9)(H,7,8);2-4,6H,1H3. The lowest BCUT2D eigenvalue weighted by Crippen LogP contribution is -2.18. The molecule has 0 unspecified atom stereocenters. The van der Waals surface area contributed by atoms with Crippen molar-refractivity contribution in [2.45, 2.75) is 6.92 Å². The van der Waals surface area contributed by atoms with Crippen molar-refractivity contribution in [1.29, 1.82) is 0 Å². The number of amides is 1. The molecule has 0 aliphatic carbocycles. The molecule has 0 aromatic carbocycles. The summed E-state index contributed by atoms with van der Waals surface area (Å²) in [4.78, 5) is 20.1. The molecule has 1 amide bonds. The third-order valence-corrected chi connectivity index (χ3v) is 1.69. The van der Waals surface area contributed by atoms with Crippen molar-refractivity contribution < 1.29 is 4.79 Å². The first-order chi connectivity index (χ1) is 7.24. The van der Waals surface area contributed by atoms with Gasteiger partial charge in [-0.3, -0.25) is 4.79 Å². The maximum atomic E-state index is 10.7. The van der Waals surface area contributed by atoms with Crippen molar-refractivity contribution >= 4 is 5.91 Å². The summed E-state index contributed by atoms with van der Waals surface area (Å²) in [7, 11) is 1.56. The molecule has 2 heterocycles. The molecule has 0 atom stereocenters. The van der Waals surface area contributed by atoms with Crippen LogP contribution in [0.25, 0.3) is 0 Å². The summed E-state index contributed by atoms with van der Waals surface area (Å²) in [5.41, 5.74) is 1.22. The Balaban J connectivity index is 0.000000162. The summed E-state index contributed by atoms with van der Waals surface area (Å²) >= 11 is 0. The molecule has 2 aromatic rings. The highest BCUT2D eigenvalue weighted by molar-refractivity contribution is 5.90. The van der Waals surface area contributed by atoms with Crippen molar-refractivity contribution in [3.05, 3.63) is 42.2 Å². The average Bonchev–Trinajstić information content (AvgIpc) is 2.89. The number of imidazole rings is 1. The summed E-state index contributed by atoms with van der Waals surface area (Å²) in [6.07, 6.45) is 5.05. The van der Waals surface area contributed by atoms with Crippen LogP contribution in [-0.2, 0) is 0 Å². The van der Waals surface area contributed by atoms with Gasteiger partial charge in [-0.1, -0.05) is 0 Å². The van der Waals surface area contributed by atoms with E-state index >= 15 is 0 Å². The number of carbonyl (C=O) groups is 1. The Morgan fingerprint density at radius 2 is 2.20 bits per heavy atom. The molecule has 15 heavy (non-hydrogen) atoms. The predicted molar refractivity (Wildman–Crippen MR) is 57.5 cm³/mol. The van der Waals surface area contributed by atoms with Gasteiger partial charge in [-0.2, -0.15) is 0 Å². The summed E-state index contributed by atoms with van der Waals surface area (Å²) in [5, 5.41) is 2.43. The minimum absolute atomic E-state index is 0.194. The van der Waals surface area contributed by atoms with E-state index < -0.39 is 0 Å². The fraction of sp³-hybridized carbons (Fsp3) is 0.200. The summed E-state index contributed by atoms with van der Waals surface area (Å²) in [5.74, 6) is 0.150. The van der Waals surface area contributed by atoms with E-state index in [1.165, 1.54) is 11.9 Å². The fourth-order valence-corrected chi connectivity index (χ4v) is 0.928. The van der Waals surface area contributed by atoms with E-state index in [0.29, 0.717) is 5.82 Å². The minimum Gasteiger partial charge on any atom is -0.365 e. The van der Waals surface area contributed by atoms with Crippen LogP contribution in [0, 0.1) is 6.92 Å². The quantitative estimate of drug-likeness (QED) is 0.653. The number of H-pyrrole nitrogens is 2. The van der Waals surface area contributed by atoms with Crippen LogP contribution in [-0.4, -0.2) is 27.9 Å². The normalized spacial score (nSPS) is 8.93. The molecule has 2 aromatic heterocycles. The molecule has 5 nitrogen and oxygen atoms in total. The molecular weight excluding hydrogens is 192 g/mol. The molecule has 3 N–H and O–H groups in total. The van der Waals surface area contributed by atoms with Crippen molar-refractivity contribution in [3.8, 4) is 0 Å². The van der Waals surface area contributed by atoms with Gasteiger partial charge in [-0.05, 0) is 19.1 Å². The number of aryl methyl sites for hydroxylation is 1. The van der Waals surface area contributed by atoms with Gasteiger partial charge in [0.05, 0.1) is 0 Å². The number of hydrogen-bond acceptors (Lipinski definition) is 2. The van der Waals surface area contributed by atoms with Gasteiger partial charge in [0.1, 0.15) is 0 Å². The summed E-state index contributed by atoms with van der Waals surface area (Å²) in [6, 6.07) is 4.01. The van der Waals surface area contributed by atoms with Gasteiger partial charge in [-0.15, -0.1) is 0 Å². The fourth-order valence-electron chi connectivity index (χ4n) is 0.928. The highest BCUT2D eigenvalue weighted by atomic mass is 16.2. The van der Waals surface area contributed by atoms with E-state index in [0.717, 1.165) is 0 Å². The van der Waals surface area contributed by atoms with Crippen LogP contribution < -0.4 is 5.32 Å². The maximum Gasteiger partial charge on any atom is 0.286 e. The monoisotopic (exact) mass is 206 g/mol. The van der Waals surface area contributed by atoms with Crippen LogP contribution in [0.4, 0.5) is 0 Å². The van der Waals surface area contributed by atoms with Gasteiger partial charge in [0.15, 0.2) is 5.82 Å². The minimum atomic E-state index is -0.194. The second-order valence-corrected chi connectivity index (χ2v) is 2.87. The highest BCUT2D eigenvalue weighted by Gasteiger charge is 2.01. The van der Waals surface area contributed by atoms with Gasteiger partial charge < -0.3 is 15.3 Å². The molecule has 0 saturated heterocycles. The molecule has 5 heteroatoms. The highest BCUT2D eigenvalue weighted by Crippen LogP contribution is 1.86.